The highest BCUT2D eigenvalue weighted by Crippen LogP contribution is 2.27. The monoisotopic (exact) mass is 279 g/mol. The molecule has 2 heterocycles. The Morgan fingerprint density at radius 2 is 2.22 bits per heavy atom. The van der Waals surface area contributed by atoms with Gasteiger partial charge in [0.25, 0.3) is 0 Å². The number of hydrogen-bond donors (Lipinski definition) is 1. The summed E-state index contributed by atoms with van der Waals surface area (Å²) in [6, 6.07) is 4.66. The van der Waals surface area contributed by atoms with Crippen LogP contribution in [0.15, 0.2) is 24.4 Å². The molecule has 0 radical (unpaired) electrons. The first-order chi connectivity index (χ1) is 8.70. The molecular weight excluding hydrogens is 269 g/mol. The fourth-order valence-corrected chi connectivity index (χ4v) is 3.20. The number of rotatable bonds is 3. The Morgan fingerprint density at radius 1 is 1.33 bits per heavy atom. The predicted octanol–water partition coefficient (Wildman–Crippen LogP) is 3.81. The second kappa shape index (κ2) is 4.62. The van der Waals surface area contributed by atoms with Crippen molar-refractivity contribution in [2.24, 2.45) is 0 Å². The molecular formula is C12H10FN3S2. The number of benzene rings is 1. The molecule has 0 aliphatic carbocycles. The number of thiazole rings is 2. The second-order valence-electron chi connectivity index (χ2n) is 3.83. The fraction of sp³-hybridized carbons (Fsp3) is 0.167. The van der Waals surface area contributed by atoms with E-state index in [9.17, 15) is 4.39 Å². The van der Waals surface area contributed by atoms with Crippen LogP contribution in [0.3, 0.4) is 0 Å². The van der Waals surface area contributed by atoms with E-state index in [1.165, 1.54) is 23.5 Å². The molecule has 1 aromatic carbocycles. The number of anilines is 1. The van der Waals surface area contributed by atoms with Crippen LogP contribution in [0, 0.1) is 12.7 Å². The van der Waals surface area contributed by atoms with Crippen LogP contribution in [-0.4, -0.2) is 9.97 Å². The zero-order chi connectivity index (χ0) is 12.5. The van der Waals surface area contributed by atoms with E-state index in [1.807, 2.05) is 13.1 Å². The van der Waals surface area contributed by atoms with Gasteiger partial charge in [0.1, 0.15) is 5.82 Å². The number of aryl methyl sites for hydroxylation is 1. The summed E-state index contributed by atoms with van der Waals surface area (Å²) in [4.78, 5) is 9.71. The maximum absolute atomic E-state index is 13.0. The van der Waals surface area contributed by atoms with Gasteiger partial charge < -0.3 is 5.32 Å². The lowest BCUT2D eigenvalue weighted by atomic mass is 10.3. The molecule has 0 saturated carbocycles. The minimum Gasteiger partial charge on any atom is -0.357 e. The van der Waals surface area contributed by atoms with Gasteiger partial charge in [-0.1, -0.05) is 11.3 Å². The van der Waals surface area contributed by atoms with Gasteiger partial charge in [-0.15, -0.1) is 11.3 Å². The normalized spacial score (nSPS) is 11.0. The summed E-state index contributed by atoms with van der Waals surface area (Å²) >= 11 is 3.19. The van der Waals surface area contributed by atoms with Crippen molar-refractivity contribution in [1.82, 2.24) is 9.97 Å². The zero-order valence-corrected chi connectivity index (χ0v) is 11.2. The summed E-state index contributed by atoms with van der Waals surface area (Å²) in [5.74, 6) is -0.252. The molecule has 3 nitrogen and oxygen atoms in total. The molecule has 0 bridgehead atoms. The van der Waals surface area contributed by atoms with Crippen molar-refractivity contribution >= 4 is 38.0 Å². The first kappa shape index (κ1) is 11.6. The third-order valence-corrected chi connectivity index (χ3v) is 4.34. The number of hydrogen-bond acceptors (Lipinski definition) is 5. The minimum atomic E-state index is -0.252. The van der Waals surface area contributed by atoms with Gasteiger partial charge in [0.2, 0.25) is 0 Å². The molecule has 0 amide bonds. The SMILES string of the molecule is Cc1ncc(CNc2nc3cc(F)ccc3s2)s1. The Balaban J connectivity index is 1.78. The summed E-state index contributed by atoms with van der Waals surface area (Å²) in [6.07, 6.45) is 1.86. The number of fused-ring (bicyclic) bond motifs is 1. The van der Waals surface area contributed by atoms with Crippen LogP contribution in [0.2, 0.25) is 0 Å². The van der Waals surface area contributed by atoms with Gasteiger partial charge >= 0.3 is 0 Å². The smallest absolute Gasteiger partial charge is 0.184 e. The van der Waals surface area contributed by atoms with Crippen molar-refractivity contribution in [3.8, 4) is 0 Å². The topological polar surface area (TPSA) is 37.8 Å². The van der Waals surface area contributed by atoms with E-state index in [4.69, 9.17) is 0 Å². The quantitative estimate of drug-likeness (QED) is 0.792. The molecule has 6 heteroatoms. The Kier molecular flexibility index (Phi) is 2.97. The average Bonchev–Trinajstić information content (AvgIpc) is 2.92. The van der Waals surface area contributed by atoms with Crippen LogP contribution in [0.25, 0.3) is 10.2 Å². The van der Waals surface area contributed by atoms with Gasteiger partial charge in [-0.2, -0.15) is 0 Å². The first-order valence-corrected chi connectivity index (χ1v) is 7.05. The molecule has 0 spiro atoms. The molecule has 3 rings (SSSR count). The van der Waals surface area contributed by atoms with E-state index in [2.05, 4.69) is 15.3 Å². The van der Waals surface area contributed by atoms with E-state index in [0.29, 0.717) is 12.1 Å². The zero-order valence-electron chi connectivity index (χ0n) is 9.61. The Hall–Kier alpha value is -1.53. The van der Waals surface area contributed by atoms with Gasteiger partial charge in [-0.3, -0.25) is 0 Å². The molecule has 0 unspecified atom stereocenters. The number of aromatic nitrogens is 2. The van der Waals surface area contributed by atoms with Gasteiger partial charge in [0.05, 0.1) is 21.8 Å². The molecule has 2 aromatic heterocycles. The Morgan fingerprint density at radius 3 is 3.00 bits per heavy atom. The molecule has 0 atom stereocenters. The van der Waals surface area contributed by atoms with Crippen LogP contribution < -0.4 is 5.32 Å². The molecule has 0 aliphatic heterocycles. The lowest BCUT2D eigenvalue weighted by Crippen LogP contribution is -1.96. The molecule has 92 valence electrons. The second-order valence-corrected chi connectivity index (χ2v) is 6.18. The first-order valence-electron chi connectivity index (χ1n) is 5.42. The van der Waals surface area contributed by atoms with Crippen LogP contribution >= 0.6 is 22.7 Å². The van der Waals surface area contributed by atoms with E-state index in [1.54, 1.807) is 17.4 Å². The van der Waals surface area contributed by atoms with Crippen molar-refractivity contribution in [2.75, 3.05) is 5.32 Å². The van der Waals surface area contributed by atoms with Crippen LogP contribution in [-0.2, 0) is 6.54 Å². The van der Waals surface area contributed by atoms with E-state index < -0.39 is 0 Å². The van der Waals surface area contributed by atoms with Crippen LogP contribution in [0.4, 0.5) is 9.52 Å². The van der Waals surface area contributed by atoms with Crippen molar-refractivity contribution < 1.29 is 4.39 Å². The van der Waals surface area contributed by atoms with Crippen LogP contribution in [0.1, 0.15) is 9.88 Å². The molecule has 0 aliphatic rings. The van der Waals surface area contributed by atoms with E-state index >= 15 is 0 Å². The standard InChI is InChI=1S/C12H10FN3S2/c1-7-14-5-9(17-7)6-15-12-16-10-4-8(13)2-3-11(10)18-12/h2-5H,6H2,1H3,(H,15,16). The highest BCUT2D eigenvalue weighted by molar-refractivity contribution is 7.22. The summed E-state index contributed by atoms with van der Waals surface area (Å²) < 4.78 is 14.0. The highest BCUT2D eigenvalue weighted by Gasteiger charge is 2.05. The Bertz CT molecular complexity index is 690. The van der Waals surface area contributed by atoms with Crippen molar-refractivity contribution in [3.63, 3.8) is 0 Å². The number of nitrogens with zero attached hydrogens (tertiary/aromatic N) is 2. The van der Waals surface area contributed by atoms with Gasteiger partial charge in [-0.25, -0.2) is 14.4 Å². The van der Waals surface area contributed by atoms with Crippen LogP contribution in [0.5, 0.6) is 0 Å². The fourth-order valence-electron chi connectivity index (χ4n) is 1.63. The van der Waals surface area contributed by atoms with Gasteiger partial charge in [0, 0.05) is 17.1 Å². The summed E-state index contributed by atoms with van der Waals surface area (Å²) in [5.41, 5.74) is 0.697. The minimum absolute atomic E-state index is 0.252. The highest BCUT2D eigenvalue weighted by atomic mass is 32.1. The van der Waals surface area contributed by atoms with Gasteiger partial charge in [0.15, 0.2) is 5.13 Å². The molecule has 3 aromatic rings. The molecule has 18 heavy (non-hydrogen) atoms. The van der Waals surface area contributed by atoms with Crippen molar-refractivity contribution in [3.05, 3.63) is 40.1 Å². The van der Waals surface area contributed by atoms with Crippen molar-refractivity contribution in [2.45, 2.75) is 13.5 Å². The van der Waals surface area contributed by atoms with Gasteiger partial charge in [-0.05, 0) is 19.1 Å². The lowest BCUT2D eigenvalue weighted by Gasteiger charge is -1.97. The summed E-state index contributed by atoms with van der Waals surface area (Å²) in [5, 5.41) is 5.10. The van der Waals surface area contributed by atoms with Crippen molar-refractivity contribution in [1.29, 1.82) is 0 Å². The predicted molar refractivity (Wildman–Crippen MR) is 73.8 cm³/mol. The molecule has 0 fully saturated rings. The summed E-state index contributed by atoms with van der Waals surface area (Å²) in [6.45, 7) is 2.68. The maximum Gasteiger partial charge on any atom is 0.184 e. The number of halogens is 1. The molecule has 0 saturated heterocycles. The lowest BCUT2D eigenvalue weighted by molar-refractivity contribution is 0.629. The molecule has 1 N–H and O–H groups in total. The largest absolute Gasteiger partial charge is 0.357 e. The average molecular weight is 279 g/mol. The number of nitrogens with one attached hydrogen (secondary N) is 1. The van der Waals surface area contributed by atoms with E-state index in [0.717, 1.165) is 19.7 Å². The third-order valence-electron chi connectivity index (χ3n) is 2.43. The third kappa shape index (κ3) is 2.34. The summed E-state index contributed by atoms with van der Waals surface area (Å²) in [7, 11) is 0. The Labute approximate surface area is 111 Å². The maximum atomic E-state index is 13.0. The van der Waals surface area contributed by atoms with E-state index in [-0.39, 0.29) is 5.82 Å².